The summed E-state index contributed by atoms with van der Waals surface area (Å²) in [7, 11) is 1.67. The SMILES string of the molecule is CN/C=C1/C=C(c2cc3ccc(NCC(F)(F)F)nc3n(-c3ccc(OC(F)F)cc3)c2=O)C=CC1=N. The molecule has 0 radical (unpaired) electrons. The summed E-state index contributed by atoms with van der Waals surface area (Å²) >= 11 is 0. The van der Waals surface area contributed by atoms with Crippen LogP contribution in [0.1, 0.15) is 5.56 Å². The van der Waals surface area contributed by atoms with E-state index in [9.17, 15) is 26.7 Å². The van der Waals surface area contributed by atoms with Gasteiger partial charge in [0.2, 0.25) is 0 Å². The summed E-state index contributed by atoms with van der Waals surface area (Å²) in [4.78, 5) is 18.0. The predicted octanol–water partition coefficient (Wildman–Crippen LogP) is 5.04. The predicted molar refractivity (Wildman–Crippen MR) is 131 cm³/mol. The van der Waals surface area contributed by atoms with E-state index in [-0.39, 0.29) is 34.2 Å². The lowest BCUT2D eigenvalue weighted by atomic mass is 9.95. The first-order valence-corrected chi connectivity index (χ1v) is 10.8. The smallest absolute Gasteiger partial charge is 0.405 e. The minimum absolute atomic E-state index is 0.0579. The van der Waals surface area contributed by atoms with Crippen LogP contribution in [-0.4, -0.2) is 41.6 Å². The van der Waals surface area contributed by atoms with Crippen molar-refractivity contribution < 1.29 is 26.7 Å². The van der Waals surface area contributed by atoms with Gasteiger partial charge in [-0.05, 0) is 60.2 Å². The van der Waals surface area contributed by atoms with Gasteiger partial charge in [-0.1, -0.05) is 6.08 Å². The number of nitrogens with one attached hydrogen (secondary N) is 3. The molecule has 2 heterocycles. The van der Waals surface area contributed by atoms with Crippen LogP contribution in [0.15, 0.2) is 77.3 Å². The van der Waals surface area contributed by atoms with E-state index >= 15 is 0 Å². The van der Waals surface area contributed by atoms with Gasteiger partial charge in [-0.3, -0.25) is 9.36 Å². The molecule has 0 bridgehead atoms. The molecule has 2 aromatic heterocycles. The molecule has 12 heteroatoms. The van der Waals surface area contributed by atoms with Crippen LogP contribution in [0.3, 0.4) is 0 Å². The van der Waals surface area contributed by atoms with Crippen LogP contribution in [0.5, 0.6) is 5.75 Å². The normalized spacial score (nSPS) is 14.8. The Morgan fingerprint density at radius 3 is 2.51 bits per heavy atom. The minimum atomic E-state index is -4.48. The number of ether oxygens (including phenoxy) is 1. The van der Waals surface area contributed by atoms with Crippen molar-refractivity contribution in [1.82, 2.24) is 14.9 Å². The largest absolute Gasteiger partial charge is 0.435 e. The number of anilines is 1. The van der Waals surface area contributed by atoms with Gasteiger partial charge in [0, 0.05) is 29.8 Å². The quantitative estimate of drug-likeness (QED) is 0.382. The van der Waals surface area contributed by atoms with Gasteiger partial charge in [0.05, 0.1) is 11.4 Å². The van der Waals surface area contributed by atoms with Gasteiger partial charge in [-0.2, -0.15) is 22.0 Å². The summed E-state index contributed by atoms with van der Waals surface area (Å²) in [5.74, 6) is -0.237. The maximum Gasteiger partial charge on any atom is 0.405 e. The number of benzene rings is 1. The number of alkyl halides is 5. The Morgan fingerprint density at radius 2 is 1.86 bits per heavy atom. The van der Waals surface area contributed by atoms with Crippen molar-refractivity contribution in [2.24, 2.45) is 0 Å². The first-order chi connectivity index (χ1) is 17.6. The third-order valence-corrected chi connectivity index (χ3v) is 5.30. The van der Waals surface area contributed by atoms with Crippen molar-refractivity contribution in [1.29, 1.82) is 5.41 Å². The summed E-state index contributed by atoms with van der Waals surface area (Å²) < 4.78 is 68.9. The molecule has 0 saturated heterocycles. The molecule has 192 valence electrons. The molecule has 0 spiro atoms. The molecule has 0 aliphatic heterocycles. The Balaban J connectivity index is 1.91. The van der Waals surface area contributed by atoms with Crippen molar-refractivity contribution in [3.05, 3.63) is 88.4 Å². The van der Waals surface area contributed by atoms with Crippen LogP contribution in [0, 0.1) is 5.41 Å². The fraction of sp³-hybridized carbons (Fsp3) is 0.160. The maximum atomic E-state index is 13.7. The zero-order valence-corrected chi connectivity index (χ0v) is 19.2. The van der Waals surface area contributed by atoms with E-state index < -0.39 is 24.9 Å². The van der Waals surface area contributed by atoms with E-state index in [1.54, 1.807) is 31.5 Å². The zero-order chi connectivity index (χ0) is 26.7. The highest BCUT2D eigenvalue weighted by molar-refractivity contribution is 6.13. The highest BCUT2D eigenvalue weighted by atomic mass is 19.4. The molecule has 3 N–H and O–H groups in total. The first kappa shape index (κ1) is 25.6. The maximum absolute atomic E-state index is 13.7. The molecule has 1 aliphatic rings. The molecular formula is C25H20F5N5O2. The van der Waals surface area contributed by atoms with Crippen molar-refractivity contribution in [3.8, 4) is 11.4 Å². The topological polar surface area (TPSA) is 92.0 Å². The van der Waals surface area contributed by atoms with Crippen LogP contribution in [0.25, 0.3) is 22.3 Å². The highest BCUT2D eigenvalue weighted by Gasteiger charge is 2.27. The van der Waals surface area contributed by atoms with Crippen LogP contribution < -0.4 is 20.9 Å². The van der Waals surface area contributed by atoms with Crippen molar-refractivity contribution in [2.75, 3.05) is 18.9 Å². The third-order valence-electron chi connectivity index (χ3n) is 5.30. The number of aromatic nitrogens is 2. The van der Waals surface area contributed by atoms with E-state index in [0.29, 0.717) is 16.5 Å². The number of hydrogen-bond acceptors (Lipinski definition) is 6. The second-order valence-corrected chi connectivity index (χ2v) is 7.88. The molecule has 4 rings (SSSR count). The van der Waals surface area contributed by atoms with Gasteiger partial charge in [0.25, 0.3) is 5.56 Å². The lowest BCUT2D eigenvalue weighted by Gasteiger charge is -2.17. The summed E-state index contributed by atoms with van der Waals surface area (Å²) in [6.07, 6.45) is 1.91. The number of halogens is 5. The van der Waals surface area contributed by atoms with Crippen LogP contribution >= 0.6 is 0 Å². The van der Waals surface area contributed by atoms with Gasteiger partial charge in [-0.25, -0.2) is 4.98 Å². The molecule has 7 nitrogen and oxygen atoms in total. The molecule has 0 atom stereocenters. The average molecular weight is 517 g/mol. The fourth-order valence-corrected chi connectivity index (χ4v) is 3.70. The van der Waals surface area contributed by atoms with Gasteiger partial charge in [0.15, 0.2) is 0 Å². The van der Waals surface area contributed by atoms with Gasteiger partial charge in [-0.15, -0.1) is 0 Å². The Hall–Kier alpha value is -4.48. The van der Waals surface area contributed by atoms with Gasteiger partial charge in [0.1, 0.15) is 23.8 Å². The second-order valence-electron chi connectivity index (χ2n) is 7.88. The van der Waals surface area contributed by atoms with E-state index in [1.165, 1.54) is 47.0 Å². The molecule has 37 heavy (non-hydrogen) atoms. The molecule has 0 saturated carbocycles. The fourth-order valence-electron chi connectivity index (χ4n) is 3.70. The average Bonchev–Trinajstić information content (AvgIpc) is 2.84. The van der Waals surface area contributed by atoms with Crippen LogP contribution in [0.4, 0.5) is 27.8 Å². The minimum Gasteiger partial charge on any atom is -0.435 e. The van der Waals surface area contributed by atoms with Crippen molar-refractivity contribution in [3.63, 3.8) is 0 Å². The van der Waals surface area contributed by atoms with E-state index in [2.05, 4.69) is 20.4 Å². The molecular weight excluding hydrogens is 497 g/mol. The molecule has 0 fully saturated rings. The zero-order valence-electron chi connectivity index (χ0n) is 19.2. The number of pyridine rings is 2. The molecule has 0 unspecified atom stereocenters. The van der Waals surface area contributed by atoms with Crippen LogP contribution in [0.2, 0.25) is 0 Å². The van der Waals surface area contributed by atoms with Gasteiger partial charge >= 0.3 is 12.8 Å². The van der Waals surface area contributed by atoms with E-state index in [4.69, 9.17) is 5.41 Å². The third kappa shape index (κ3) is 5.85. The Labute approximate surface area is 207 Å². The Bertz CT molecular complexity index is 1490. The van der Waals surface area contributed by atoms with E-state index in [1.807, 2.05) is 0 Å². The van der Waals surface area contributed by atoms with Crippen LogP contribution in [-0.2, 0) is 0 Å². The van der Waals surface area contributed by atoms with Crippen molar-refractivity contribution in [2.45, 2.75) is 12.8 Å². The summed E-state index contributed by atoms with van der Waals surface area (Å²) in [5, 5.41) is 13.5. The number of fused-ring (bicyclic) bond motifs is 1. The van der Waals surface area contributed by atoms with E-state index in [0.717, 1.165) is 0 Å². The lowest BCUT2D eigenvalue weighted by Crippen LogP contribution is -2.24. The lowest BCUT2D eigenvalue weighted by molar-refractivity contribution is -0.115. The van der Waals surface area contributed by atoms with Crippen molar-refractivity contribution >= 4 is 28.1 Å². The molecule has 0 amide bonds. The number of nitrogens with zero attached hydrogens (tertiary/aromatic N) is 2. The molecule has 3 aromatic rings. The second kappa shape index (κ2) is 10.2. The summed E-state index contributed by atoms with van der Waals surface area (Å²) in [6, 6.07) is 9.67. The number of hydrogen-bond donors (Lipinski definition) is 3. The van der Waals surface area contributed by atoms with Gasteiger partial charge < -0.3 is 20.8 Å². The Morgan fingerprint density at radius 1 is 1.14 bits per heavy atom. The molecule has 1 aromatic carbocycles. The number of rotatable bonds is 7. The standard InChI is InChI=1S/C25H20F5N5O2/c1-32-12-16-10-14(2-8-20(16)31)19-11-15-3-9-21(33-13-25(28,29)30)34-22(15)35(23(19)36)17-4-6-18(7-5-17)37-24(26)27/h2-12,24,31-32H,13H2,1H3,(H,33,34)/b16-12-,31-20?. The first-order valence-electron chi connectivity index (χ1n) is 10.8. The summed E-state index contributed by atoms with van der Waals surface area (Å²) in [6.45, 7) is -4.36. The molecule has 1 aliphatic carbocycles. The number of allylic oxidation sites excluding steroid dienone is 5. The highest BCUT2D eigenvalue weighted by Crippen LogP contribution is 2.27. The summed E-state index contributed by atoms with van der Waals surface area (Å²) in [5.41, 5.74) is 1.24. The monoisotopic (exact) mass is 517 g/mol. The Kier molecular flexibility index (Phi) is 7.09.